The van der Waals surface area contributed by atoms with Gasteiger partial charge in [0.1, 0.15) is 6.61 Å². The van der Waals surface area contributed by atoms with E-state index in [0.717, 1.165) is 11.3 Å². The van der Waals surface area contributed by atoms with Crippen LogP contribution in [0.25, 0.3) is 0 Å². The van der Waals surface area contributed by atoms with Crippen molar-refractivity contribution >= 4 is 11.6 Å². The van der Waals surface area contributed by atoms with Crippen molar-refractivity contribution in [2.45, 2.75) is 20.4 Å². The monoisotopic (exact) mass is 264 g/mol. The second-order valence-corrected chi connectivity index (χ2v) is 4.61. The minimum atomic E-state index is 0.0426. The lowest BCUT2D eigenvalue weighted by Gasteiger charge is -2.21. The summed E-state index contributed by atoms with van der Waals surface area (Å²) in [7, 11) is 4.03. The number of carbonyl (C=O) groups excluding carboxylic acids is 1. The Balaban J connectivity index is 2.62. The molecule has 0 aliphatic heterocycles. The summed E-state index contributed by atoms with van der Waals surface area (Å²) >= 11 is 0. The fourth-order valence-electron chi connectivity index (χ4n) is 1.78. The van der Waals surface area contributed by atoms with Crippen molar-refractivity contribution in [1.82, 2.24) is 4.90 Å². The molecule has 0 aliphatic carbocycles. The standard InChI is InChI=1S/C15H24N2O2/c1-5-17(15(18)12-19-6-2)11-13-7-9-14(10-8-13)16(3)4/h7-10H,5-6,11-12H2,1-4H3. The molecular weight excluding hydrogens is 240 g/mol. The van der Waals surface area contributed by atoms with Gasteiger partial charge in [-0.15, -0.1) is 0 Å². The summed E-state index contributed by atoms with van der Waals surface area (Å²) < 4.78 is 5.17. The molecule has 1 rings (SSSR count). The first-order valence-corrected chi connectivity index (χ1v) is 6.70. The van der Waals surface area contributed by atoms with Gasteiger partial charge in [0.05, 0.1) is 0 Å². The Labute approximate surface area is 116 Å². The van der Waals surface area contributed by atoms with Crippen molar-refractivity contribution in [2.75, 3.05) is 38.8 Å². The fraction of sp³-hybridized carbons (Fsp3) is 0.533. The van der Waals surface area contributed by atoms with Crippen molar-refractivity contribution in [3.63, 3.8) is 0 Å². The van der Waals surface area contributed by atoms with Gasteiger partial charge in [-0.3, -0.25) is 4.79 Å². The molecule has 4 heteroatoms. The normalized spacial score (nSPS) is 10.3. The van der Waals surface area contributed by atoms with Crippen LogP contribution in [-0.4, -0.2) is 44.7 Å². The summed E-state index contributed by atoms with van der Waals surface area (Å²) in [5.74, 6) is 0.0426. The third kappa shape index (κ3) is 4.91. The molecule has 0 atom stereocenters. The summed E-state index contributed by atoms with van der Waals surface area (Å²) in [5.41, 5.74) is 2.30. The Morgan fingerprint density at radius 1 is 1.16 bits per heavy atom. The highest BCUT2D eigenvalue weighted by Crippen LogP contribution is 2.13. The number of amides is 1. The molecule has 0 aliphatic rings. The molecule has 1 amide bonds. The van der Waals surface area contributed by atoms with Crippen LogP contribution in [0, 0.1) is 0 Å². The van der Waals surface area contributed by atoms with Crippen LogP contribution in [-0.2, 0) is 16.1 Å². The van der Waals surface area contributed by atoms with Gasteiger partial charge in [0.25, 0.3) is 0 Å². The summed E-state index contributed by atoms with van der Waals surface area (Å²) in [4.78, 5) is 15.8. The third-order valence-corrected chi connectivity index (χ3v) is 2.99. The maximum Gasteiger partial charge on any atom is 0.248 e. The topological polar surface area (TPSA) is 32.8 Å². The number of rotatable bonds is 7. The first-order chi connectivity index (χ1) is 9.08. The molecule has 0 bridgehead atoms. The van der Waals surface area contributed by atoms with Gasteiger partial charge in [-0.1, -0.05) is 12.1 Å². The smallest absolute Gasteiger partial charge is 0.248 e. The number of hydrogen-bond acceptors (Lipinski definition) is 3. The van der Waals surface area contributed by atoms with Crippen molar-refractivity contribution < 1.29 is 9.53 Å². The van der Waals surface area contributed by atoms with E-state index in [4.69, 9.17) is 4.74 Å². The van der Waals surface area contributed by atoms with Gasteiger partial charge in [-0.25, -0.2) is 0 Å². The molecule has 1 aromatic rings. The first kappa shape index (κ1) is 15.5. The molecule has 0 N–H and O–H groups in total. The summed E-state index contributed by atoms with van der Waals surface area (Å²) in [6.45, 7) is 5.94. The molecule has 106 valence electrons. The van der Waals surface area contributed by atoms with Crippen LogP contribution in [0.3, 0.4) is 0 Å². The lowest BCUT2D eigenvalue weighted by atomic mass is 10.2. The predicted octanol–water partition coefficient (Wildman–Crippen LogP) is 2.14. The highest BCUT2D eigenvalue weighted by Gasteiger charge is 2.11. The number of likely N-dealkylation sites (N-methyl/N-ethyl adjacent to an activating group) is 1. The van der Waals surface area contributed by atoms with Crippen molar-refractivity contribution in [2.24, 2.45) is 0 Å². The second-order valence-electron chi connectivity index (χ2n) is 4.61. The lowest BCUT2D eigenvalue weighted by molar-refractivity contribution is -0.136. The Hall–Kier alpha value is -1.55. The molecular formula is C15H24N2O2. The number of hydrogen-bond donors (Lipinski definition) is 0. The third-order valence-electron chi connectivity index (χ3n) is 2.99. The molecule has 0 radical (unpaired) electrons. The molecule has 19 heavy (non-hydrogen) atoms. The average molecular weight is 264 g/mol. The van der Waals surface area contributed by atoms with Gasteiger partial charge in [0.2, 0.25) is 5.91 Å². The van der Waals surface area contributed by atoms with E-state index in [1.165, 1.54) is 0 Å². The Morgan fingerprint density at radius 3 is 2.26 bits per heavy atom. The first-order valence-electron chi connectivity index (χ1n) is 6.70. The van der Waals surface area contributed by atoms with E-state index in [1.807, 2.05) is 27.9 Å². The zero-order valence-corrected chi connectivity index (χ0v) is 12.3. The molecule has 0 fully saturated rings. The maximum absolute atomic E-state index is 11.9. The SMILES string of the molecule is CCOCC(=O)N(CC)Cc1ccc(N(C)C)cc1. The Morgan fingerprint density at radius 2 is 1.79 bits per heavy atom. The number of benzene rings is 1. The molecule has 0 spiro atoms. The van der Waals surface area contributed by atoms with Gasteiger partial charge in [0.15, 0.2) is 0 Å². The number of nitrogens with zero attached hydrogens (tertiary/aromatic N) is 2. The van der Waals surface area contributed by atoms with Crippen LogP contribution < -0.4 is 4.90 Å². The van der Waals surface area contributed by atoms with Crippen LogP contribution in [0.1, 0.15) is 19.4 Å². The predicted molar refractivity (Wildman–Crippen MR) is 78.4 cm³/mol. The summed E-state index contributed by atoms with van der Waals surface area (Å²) in [6.07, 6.45) is 0. The van der Waals surface area contributed by atoms with Crippen LogP contribution >= 0.6 is 0 Å². The molecule has 0 aromatic heterocycles. The lowest BCUT2D eigenvalue weighted by Crippen LogP contribution is -2.33. The second kappa shape index (κ2) is 7.79. The van der Waals surface area contributed by atoms with Gasteiger partial charge in [0, 0.05) is 39.5 Å². The van der Waals surface area contributed by atoms with Crippen LogP contribution in [0.5, 0.6) is 0 Å². The minimum absolute atomic E-state index is 0.0426. The summed E-state index contributed by atoms with van der Waals surface area (Å²) in [6, 6.07) is 8.25. The van der Waals surface area contributed by atoms with Gasteiger partial charge in [-0.05, 0) is 31.5 Å². The van der Waals surface area contributed by atoms with Crippen molar-refractivity contribution in [1.29, 1.82) is 0 Å². The molecule has 0 unspecified atom stereocenters. The van der Waals surface area contributed by atoms with E-state index in [2.05, 4.69) is 29.2 Å². The van der Waals surface area contributed by atoms with E-state index in [1.54, 1.807) is 4.90 Å². The van der Waals surface area contributed by atoms with E-state index in [0.29, 0.717) is 19.7 Å². The maximum atomic E-state index is 11.9. The molecule has 1 aromatic carbocycles. The largest absolute Gasteiger partial charge is 0.378 e. The minimum Gasteiger partial charge on any atom is -0.378 e. The Bertz CT molecular complexity index is 388. The average Bonchev–Trinajstić information content (AvgIpc) is 2.42. The van der Waals surface area contributed by atoms with E-state index < -0.39 is 0 Å². The van der Waals surface area contributed by atoms with Crippen molar-refractivity contribution in [3.05, 3.63) is 29.8 Å². The highest BCUT2D eigenvalue weighted by atomic mass is 16.5. The number of anilines is 1. The van der Waals surface area contributed by atoms with E-state index in [9.17, 15) is 4.79 Å². The van der Waals surface area contributed by atoms with Crippen LogP contribution in [0.4, 0.5) is 5.69 Å². The molecule has 0 heterocycles. The zero-order valence-electron chi connectivity index (χ0n) is 12.3. The van der Waals surface area contributed by atoms with Gasteiger partial charge >= 0.3 is 0 Å². The number of ether oxygens (including phenoxy) is 1. The zero-order chi connectivity index (χ0) is 14.3. The number of carbonyl (C=O) groups is 1. The van der Waals surface area contributed by atoms with Gasteiger partial charge in [-0.2, -0.15) is 0 Å². The van der Waals surface area contributed by atoms with Crippen LogP contribution in [0.15, 0.2) is 24.3 Å². The molecule has 0 saturated carbocycles. The van der Waals surface area contributed by atoms with Gasteiger partial charge < -0.3 is 14.5 Å². The molecule has 0 saturated heterocycles. The van der Waals surface area contributed by atoms with E-state index >= 15 is 0 Å². The van der Waals surface area contributed by atoms with Crippen LogP contribution in [0.2, 0.25) is 0 Å². The summed E-state index contributed by atoms with van der Waals surface area (Å²) in [5, 5.41) is 0. The van der Waals surface area contributed by atoms with Crippen molar-refractivity contribution in [3.8, 4) is 0 Å². The highest BCUT2D eigenvalue weighted by molar-refractivity contribution is 5.77. The Kier molecular flexibility index (Phi) is 6.36. The quantitative estimate of drug-likeness (QED) is 0.756. The molecule has 4 nitrogen and oxygen atoms in total. The fourth-order valence-corrected chi connectivity index (χ4v) is 1.78. The van der Waals surface area contributed by atoms with E-state index in [-0.39, 0.29) is 12.5 Å².